The van der Waals surface area contributed by atoms with Crippen molar-refractivity contribution in [3.05, 3.63) is 59.8 Å². The van der Waals surface area contributed by atoms with Gasteiger partial charge in [0.1, 0.15) is 36.3 Å². The Morgan fingerprint density at radius 3 is 1.89 bits per heavy atom. The van der Waals surface area contributed by atoms with Crippen LogP contribution in [0.5, 0.6) is 0 Å². The molecule has 17 heteroatoms. The molecular formula is C55H99N7O10. The third kappa shape index (κ3) is 33.2. The molecule has 0 aliphatic carbocycles. The van der Waals surface area contributed by atoms with E-state index in [1.165, 1.54) is 32.9 Å². The van der Waals surface area contributed by atoms with Gasteiger partial charge in [-0.2, -0.15) is 0 Å². The second-order valence-electron chi connectivity index (χ2n) is 19.6. The Kier molecular flexibility index (Phi) is 42.6. The number of ether oxygens (including phenoxy) is 4. The van der Waals surface area contributed by atoms with Crippen molar-refractivity contribution in [1.82, 2.24) is 30.3 Å². The number of carbonyl (C=O) groups excluding carboxylic acids is 6. The van der Waals surface area contributed by atoms with E-state index in [1.807, 2.05) is 83.4 Å². The second-order valence-corrected chi connectivity index (χ2v) is 19.6. The number of nitrogens with one attached hydrogen (secondary N) is 3. The number of methoxy groups -OCH3 is 3. The van der Waals surface area contributed by atoms with Crippen molar-refractivity contribution < 1.29 is 47.7 Å². The van der Waals surface area contributed by atoms with Gasteiger partial charge in [-0.15, -0.1) is 0 Å². The summed E-state index contributed by atoms with van der Waals surface area (Å²) in [5.74, 6) is 1.39. The smallest absolute Gasteiger partial charge is 0.413 e. The third-order valence-corrected chi connectivity index (χ3v) is 11.3. The lowest BCUT2D eigenvalue weighted by molar-refractivity contribution is -0.144. The van der Waals surface area contributed by atoms with Gasteiger partial charge in [0.25, 0.3) is 0 Å². The number of benzene rings is 1. The molecule has 7 atom stereocenters. The molecule has 0 saturated carbocycles. The summed E-state index contributed by atoms with van der Waals surface area (Å²) < 4.78 is 20.7. The van der Waals surface area contributed by atoms with Gasteiger partial charge >= 0.3 is 12.1 Å². The summed E-state index contributed by atoms with van der Waals surface area (Å²) in [7, 11) is 14.7. The quantitative estimate of drug-likeness (QED) is 0.0721. The minimum Gasteiger partial charge on any atom is -0.467 e. The van der Waals surface area contributed by atoms with Gasteiger partial charge < -0.3 is 53.8 Å². The summed E-state index contributed by atoms with van der Waals surface area (Å²) in [4.78, 5) is 75.1. The number of anilines is 1. The summed E-state index contributed by atoms with van der Waals surface area (Å²) in [6, 6.07) is 13.3. The number of aldehydes is 3. The molecule has 0 spiro atoms. The monoisotopic (exact) mass is 1020 g/mol. The molecule has 17 nitrogen and oxygen atoms in total. The number of hydrogen-bond donors (Lipinski definition) is 3. The molecule has 7 unspecified atom stereocenters. The highest BCUT2D eigenvalue weighted by Crippen LogP contribution is 2.24. The Morgan fingerprint density at radius 1 is 0.889 bits per heavy atom. The standard InChI is InChI=1S/C17H27N3O3.C11H13NO3.C11H23NO2.C10H21NO.C3H7NO.C3H8/c1-12(2)14(11-21)20(6)10-13-7-8-18-15(9-13)19-16(22)23-17(3,4)5;1-15-11(14)10(12-8-13)7-9-5-3-2-4-6-9;1-6-9(2)11(12(3)4)10(14-5)7-8-13;1-8(2)10(12-4)9-6-5-7-11(9)3;1-4-2-3-5;1-3-2/h7-9,11-12,14H,10H2,1-6H3,(H,18,19,22);2-6,8,10H,7H2,1H3,(H,12,13);8-11H,6-7H2,1-5H3;8-10H,5-7H2,1-4H3;3-4H,2H2,1H3;3H2,1-2H3. The molecule has 1 aromatic heterocycles. The van der Waals surface area contributed by atoms with E-state index in [1.54, 1.807) is 47.2 Å². The summed E-state index contributed by atoms with van der Waals surface area (Å²) in [6.45, 7) is 24.8. The average molecular weight is 1020 g/mol. The van der Waals surface area contributed by atoms with E-state index in [0.717, 1.165) is 36.4 Å². The Hall–Kier alpha value is -4.65. The normalized spacial score (nSPS) is 15.5. The van der Waals surface area contributed by atoms with Crippen molar-refractivity contribution in [2.24, 2.45) is 17.8 Å². The SMILES string of the molecule is CC(C)C(C=O)N(C)Cc1ccnc(NC(=O)OC(C)(C)C)c1.CCC.CCC(C)C(C(CC=O)OC)N(C)C.CNCC=O.COC(=O)C(Cc1ccccc1)NC=O.COC(C(C)C)C1CCCN1C. The maximum atomic E-state index is 11.8. The number of esters is 1. The van der Waals surface area contributed by atoms with Gasteiger partial charge in [0.2, 0.25) is 6.41 Å². The number of amides is 2. The third-order valence-electron chi connectivity index (χ3n) is 11.3. The molecule has 72 heavy (non-hydrogen) atoms. The highest BCUT2D eigenvalue weighted by molar-refractivity contribution is 5.83. The molecular weight excluding hydrogens is 919 g/mol. The van der Waals surface area contributed by atoms with Crippen LogP contribution < -0.4 is 16.0 Å². The van der Waals surface area contributed by atoms with E-state index >= 15 is 0 Å². The largest absolute Gasteiger partial charge is 0.467 e. The molecule has 414 valence electrons. The van der Waals surface area contributed by atoms with Crippen LogP contribution in [0.4, 0.5) is 10.6 Å². The van der Waals surface area contributed by atoms with Gasteiger partial charge in [0, 0.05) is 51.9 Å². The van der Waals surface area contributed by atoms with E-state index in [2.05, 4.69) is 84.1 Å². The minimum absolute atomic E-state index is 0.0115. The van der Waals surface area contributed by atoms with Gasteiger partial charge in [0.15, 0.2) is 0 Å². The number of likely N-dealkylation sites (tertiary alicyclic amines) is 1. The summed E-state index contributed by atoms with van der Waals surface area (Å²) in [5.41, 5.74) is 1.37. The Morgan fingerprint density at radius 2 is 1.50 bits per heavy atom. The lowest BCUT2D eigenvalue weighted by atomic mass is 9.92. The first-order valence-corrected chi connectivity index (χ1v) is 25.3. The number of carbonyl (C=O) groups is 6. The Balaban J connectivity index is -0.000000859. The molecule has 2 heterocycles. The van der Waals surface area contributed by atoms with E-state index in [9.17, 15) is 28.8 Å². The molecule has 1 aliphatic rings. The van der Waals surface area contributed by atoms with Gasteiger partial charge in [-0.3, -0.25) is 15.0 Å². The number of hydrogen-bond acceptors (Lipinski definition) is 15. The van der Waals surface area contributed by atoms with Gasteiger partial charge in [-0.25, -0.2) is 14.6 Å². The predicted octanol–water partition coefficient (Wildman–Crippen LogP) is 7.74. The lowest BCUT2D eigenvalue weighted by Crippen LogP contribution is -2.44. The maximum Gasteiger partial charge on any atom is 0.413 e. The Labute approximate surface area is 435 Å². The number of nitrogens with zero attached hydrogens (tertiary/aromatic N) is 4. The molecule has 0 radical (unpaired) electrons. The van der Waals surface area contributed by atoms with Gasteiger partial charge in [0.05, 0.1) is 31.9 Å². The van der Waals surface area contributed by atoms with Crippen LogP contribution in [0, 0.1) is 17.8 Å². The minimum atomic E-state index is -0.616. The Bertz CT molecular complexity index is 1700. The number of likely N-dealkylation sites (N-methyl/N-ethyl adjacent to an activating group) is 4. The molecule has 2 amide bonds. The van der Waals surface area contributed by atoms with Crippen LogP contribution >= 0.6 is 0 Å². The average Bonchev–Trinajstić information content (AvgIpc) is 3.74. The van der Waals surface area contributed by atoms with Crippen molar-refractivity contribution in [1.29, 1.82) is 0 Å². The highest BCUT2D eigenvalue weighted by Gasteiger charge is 2.31. The van der Waals surface area contributed by atoms with Crippen molar-refractivity contribution >= 4 is 43.1 Å². The van der Waals surface area contributed by atoms with E-state index in [-0.39, 0.29) is 18.1 Å². The summed E-state index contributed by atoms with van der Waals surface area (Å²) in [5, 5.41) is 7.69. The van der Waals surface area contributed by atoms with E-state index in [4.69, 9.17) is 14.2 Å². The van der Waals surface area contributed by atoms with Crippen LogP contribution in [0.3, 0.4) is 0 Å². The number of rotatable bonds is 23. The zero-order chi connectivity index (χ0) is 55.8. The van der Waals surface area contributed by atoms with Crippen LogP contribution in [0.1, 0.15) is 119 Å². The van der Waals surface area contributed by atoms with Crippen molar-refractivity contribution in [2.75, 3.05) is 75.0 Å². The first kappa shape index (κ1) is 71.6. The lowest BCUT2D eigenvalue weighted by Gasteiger charge is -2.34. The van der Waals surface area contributed by atoms with Crippen LogP contribution in [-0.4, -0.2) is 169 Å². The molecule has 3 rings (SSSR count). The van der Waals surface area contributed by atoms with Crippen molar-refractivity contribution in [3.8, 4) is 0 Å². The van der Waals surface area contributed by atoms with Crippen LogP contribution in [-0.2, 0) is 55.9 Å². The predicted molar refractivity (Wildman–Crippen MR) is 291 cm³/mol. The molecule has 1 fully saturated rings. The van der Waals surface area contributed by atoms with E-state index < -0.39 is 23.7 Å². The number of pyridine rings is 1. The number of aromatic nitrogens is 1. The van der Waals surface area contributed by atoms with Crippen LogP contribution in [0.25, 0.3) is 0 Å². The highest BCUT2D eigenvalue weighted by atomic mass is 16.6. The zero-order valence-electron chi connectivity index (χ0n) is 47.9. The maximum absolute atomic E-state index is 11.8. The van der Waals surface area contributed by atoms with Gasteiger partial charge in [-0.05, 0) is 116 Å². The fourth-order valence-electron chi connectivity index (χ4n) is 7.72. The molecule has 1 aromatic carbocycles. The van der Waals surface area contributed by atoms with Crippen molar-refractivity contribution in [3.63, 3.8) is 0 Å². The zero-order valence-corrected chi connectivity index (χ0v) is 47.9. The fraction of sp³-hybridized carbons (Fsp3) is 0.691. The summed E-state index contributed by atoms with van der Waals surface area (Å²) in [6.07, 6.45) is 10.6. The topological polar surface area (TPSA) is 198 Å². The van der Waals surface area contributed by atoms with E-state index in [0.29, 0.717) is 68.2 Å². The first-order valence-electron chi connectivity index (χ1n) is 25.3. The molecule has 2 aromatic rings. The molecule has 0 bridgehead atoms. The molecule has 1 saturated heterocycles. The molecule has 3 N–H and O–H groups in total. The fourth-order valence-corrected chi connectivity index (χ4v) is 7.72. The van der Waals surface area contributed by atoms with Crippen LogP contribution in [0.2, 0.25) is 0 Å². The van der Waals surface area contributed by atoms with Gasteiger partial charge in [-0.1, -0.05) is 98.6 Å². The molecule has 1 aliphatic heterocycles. The summed E-state index contributed by atoms with van der Waals surface area (Å²) >= 11 is 0. The van der Waals surface area contributed by atoms with Crippen LogP contribution in [0.15, 0.2) is 48.7 Å². The second kappa shape index (κ2) is 42.8. The first-order chi connectivity index (χ1) is 34.0. The van der Waals surface area contributed by atoms with Crippen molar-refractivity contribution in [2.45, 2.75) is 163 Å².